The second kappa shape index (κ2) is 8.71. The summed E-state index contributed by atoms with van der Waals surface area (Å²) < 4.78 is 28.0. The first-order chi connectivity index (χ1) is 14.2. The number of rotatable bonds is 7. The second-order valence-corrected chi connectivity index (χ2v) is 9.18. The van der Waals surface area contributed by atoms with Gasteiger partial charge in [-0.3, -0.25) is 9.10 Å². The van der Waals surface area contributed by atoms with Crippen LogP contribution in [-0.2, 0) is 21.4 Å². The summed E-state index contributed by atoms with van der Waals surface area (Å²) in [6.45, 7) is 5.73. The minimum atomic E-state index is -3.66. The molecule has 1 N–H and O–H groups in total. The molecule has 1 atom stereocenters. The minimum Gasteiger partial charge on any atom is -0.350 e. The van der Waals surface area contributed by atoms with Crippen LogP contribution in [-0.4, -0.2) is 36.2 Å². The molecule has 1 amide bonds. The second-order valence-electron chi connectivity index (χ2n) is 7.32. The number of benzene rings is 2. The summed E-state index contributed by atoms with van der Waals surface area (Å²) in [7, 11) is -3.66. The van der Waals surface area contributed by atoms with Crippen molar-refractivity contribution in [2.75, 3.05) is 10.6 Å². The van der Waals surface area contributed by atoms with Crippen LogP contribution in [0, 0.1) is 13.8 Å². The third-order valence-corrected chi connectivity index (χ3v) is 6.30. The molecule has 0 spiro atoms. The van der Waals surface area contributed by atoms with Crippen LogP contribution >= 0.6 is 0 Å². The highest BCUT2D eigenvalue weighted by Crippen LogP contribution is 2.24. The van der Waals surface area contributed by atoms with Gasteiger partial charge in [0.2, 0.25) is 15.9 Å². The standard InChI is InChI=1S/C22H26N4O3S/c1-16-9-10-20(13-17(16)2)26(30(4,28)29)18(3)22(27)24-14-19-7-5-6-8-21(19)25-12-11-23-15-25/h5-13,15,18H,14H2,1-4H3,(H,24,27)/t18-/m0/s1. The Kier molecular flexibility index (Phi) is 6.26. The molecule has 30 heavy (non-hydrogen) atoms. The quantitative estimate of drug-likeness (QED) is 0.630. The molecule has 0 bridgehead atoms. The Balaban J connectivity index is 1.81. The largest absolute Gasteiger partial charge is 0.350 e. The summed E-state index contributed by atoms with van der Waals surface area (Å²) in [6.07, 6.45) is 6.31. The van der Waals surface area contributed by atoms with Crippen molar-refractivity contribution >= 4 is 21.6 Å². The minimum absolute atomic E-state index is 0.266. The van der Waals surface area contributed by atoms with Gasteiger partial charge in [-0.2, -0.15) is 0 Å². The number of amides is 1. The average molecular weight is 427 g/mol. The molecular weight excluding hydrogens is 400 g/mol. The van der Waals surface area contributed by atoms with E-state index in [0.717, 1.165) is 32.9 Å². The van der Waals surface area contributed by atoms with Gasteiger partial charge in [0.15, 0.2) is 0 Å². The van der Waals surface area contributed by atoms with Gasteiger partial charge in [0, 0.05) is 18.9 Å². The van der Waals surface area contributed by atoms with Gasteiger partial charge >= 0.3 is 0 Å². The summed E-state index contributed by atoms with van der Waals surface area (Å²) in [5.74, 6) is -0.376. The third-order valence-electron chi connectivity index (χ3n) is 5.06. The van der Waals surface area contributed by atoms with E-state index in [4.69, 9.17) is 0 Å². The van der Waals surface area contributed by atoms with Gasteiger partial charge < -0.3 is 9.88 Å². The fourth-order valence-electron chi connectivity index (χ4n) is 3.32. The molecule has 1 aromatic heterocycles. The number of aromatic nitrogens is 2. The first kappa shape index (κ1) is 21.6. The molecule has 8 heteroatoms. The van der Waals surface area contributed by atoms with Crippen LogP contribution in [0.15, 0.2) is 61.2 Å². The Hall–Kier alpha value is -3.13. The molecule has 0 fully saturated rings. The van der Waals surface area contributed by atoms with E-state index in [9.17, 15) is 13.2 Å². The highest BCUT2D eigenvalue weighted by molar-refractivity contribution is 7.92. The Morgan fingerprint density at radius 3 is 2.53 bits per heavy atom. The van der Waals surface area contributed by atoms with E-state index < -0.39 is 16.1 Å². The zero-order valence-corrected chi connectivity index (χ0v) is 18.3. The van der Waals surface area contributed by atoms with Crippen LogP contribution in [0.4, 0.5) is 5.69 Å². The molecule has 3 aromatic rings. The van der Waals surface area contributed by atoms with Gasteiger partial charge in [-0.1, -0.05) is 24.3 Å². The maximum absolute atomic E-state index is 12.9. The van der Waals surface area contributed by atoms with Gasteiger partial charge in [-0.15, -0.1) is 0 Å². The molecule has 0 saturated heterocycles. The predicted octanol–water partition coefficient (Wildman–Crippen LogP) is 2.96. The van der Waals surface area contributed by atoms with E-state index in [1.807, 2.05) is 54.9 Å². The topological polar surface area (TPSA) is 84.3 Å². The molecule has 0 saturated carbocycles. The maximum atomic E-state index is 12.9. The van der Waals surface area contributed by atoms with Crippen LogP contribution in [0.25, 0.3) is 5.69 Å². The maximum Gasteiger partial charge on any atom is 0.243 e. The number of aryl methyl sites for hydroxylation is 2. The van der Waals surface area contributed by atoms with E-state index in [0.29, 0.717) is 5.69 Å². The number of anilines is 1. The summed E-state index contributed by atoms with van der Waals surface area (Å²) in [4.78, 5) is 17.0. The smallest absolute Gasteiger partial charge is 0.243 e. The molecule has 158 valence electrons. The molecule has 7 nitrogen and oxygen atoms in total. The molecule has 0 aliphatic rings. The van der Waals surface area contributed by atoms with Crippen molar-refractivity contribution in [2.45, 2.75) is 33.4 Å². The van der Waals surface area contributed by atoms with E-state index in [1.54, 1.807) is 31.6 Å². The molecule has 2 aromatic carbocycles. The number of hydrogen-bond acceptors (Lipinski definition) is 4. The normalized spacial score (nSPS) is 12.4. The van der Waals surface area contributed by atoms with Gasteiger partial charge in [-0.25, -0.2) is 13.4 Å². The van der Waals surface area contributed by atoms with Crippen molar-refractivity contribution in [1.82, 2.24) is 14.9 Å². The summed E-state index contributed by atoms with van der Waals surface area (Å²) in [5, 5.41) is 2.87. The number of carbonyl (C=O) groups is 1. The lowest BCUT2D eigenvalue weighted by Crippen LogP contribution is -2.47. The summed E-state index contributed by atoms with van der Waals surface area (Å²) in [6, 6.07) is 12.1. The lowest BCUT2D eigenvalue weighted by Gasteiger charge is -2.28. The van der Waals surface area contributed by atoms with Crippen molar-refractivity contribution in [3.63, 3.8) is 0 Å². The Morgan fingerprint density at radius 1 is 1.17 bits per heavy atom. The molecular formula is C22H26N4O3S. The van der Waals surface area contributed by atoms with Gasteiger partial charge in [-0.05, 0) is 55.7 Å². The SMILES string of the molecule is Cc1ccc(N([C@@H](C)C(=O)NCc2ccccc2-n2ccnc2)S(C)(=O)=O)cc1C. The number of para-hydroxylation sites is 1. The fourth-order valence-corrected chi connectivity index (χ4v) is 4.48. The van der Waals surface area contributed by atoms with Gasteiger partial charge in [0.25, 0.3) is 0 Å². The number of hydrogen-bond donors (Lipinski definition) is 1. The van der Waals surface area contributed by atoms with E-state index >= 15 is 0 Å². The van der Waals surface area contributed by atoms with E-state index in [-0.39, 0.29) is 12.5 Å². The number of carbonyl (C=O) groups excluding carboxylic acids is 1. The van der Waals surface area contributed by atoms with Crippen LogP contribution in [0.5, 0.6) is 0 Å². The number of imidazole rings is 1. The highest BCUT2D eigenvalue weighted by Gasteiger charge is 2.29. The number of nitrogens with one attached hydrogen (secondary N) is 1. The van der Waals surface area contributed by atoms with Crippen LogP contribution in [0.3, 0.4) is 0 Å². The van der Waals surface area contributed by atoms with Crippen LogP contribution in [0.1, 0.15) is 23.6 Å². The average Bonchev–Trinajstić information content (AvgIpc) is 3.22. The molecule has 0 unspecified atom stereocenters. The zero-order valence-electron chi connectivity index (χ0n) is 17.5. The Morgan fingerprint density at radius 2 is 1.90 bits per heavy atom. The highest BCUT2D eigenvalue weighted by atomic mass is 32.2. The van der Waals surface area contributed by atoms with E-state index in [2.05, 4.69) is 10.3 Å². The lowest BCUT2D eigenvalue weighted by molar-refractivity contribution is -0.122. The van der Waals surface area contributed by atoms with Crippen molar-refractivity contribution in [3.05, 3.63) is 77.9 Å². The van der Waals surface area contributed by atoms with Crippen molar-refractivity contribution in [3.8, 4) is 5.69 Å². The lowest BCUT2D eigenvalue weighted by atomic mass is 10.1. The zero-order chi connectivity index (χ0) is 21.9. The monoisotopic (exact) mass is 426 g/mol. The predicted molar refractivity (Wildman–Crippen MR) is 118 cm³/mol. The summed E-state index contributed by atoms with van der Waals surface area (Å²) in [5.41, 5.74) is 4.29. The van der Waals surface area contributed by atoms with Crippen molar-refractivity contribution < 1.29 is 13.2 Å². The van der Waals surface area contributed by atoms with Crippen molar-refractivity contribution in [2.24, 2.45) is 0 Å². The molecule has 0 radical (unpaired) electrons. The molecule has 0 aliphatic heterocycles. The van der Waals surface area contributed by atoms with Crippen molar-refractivity contribution in [1.29, 1.82) is 0 Å². The molecule has 1 heterocycles. The van der Waals surface area contributed by atoms with Crippen LogP contribution < -0.4 is 9.62 Å². The third kappa shape index (κ3) is 4.71. The fraction of sp³-hybridized carbons (Fsp3) is 0.273. The van der Waals surface area contributed by atoms with Gasteiger partial charge in [0.1, 0.15) is 6.04 Å². The number of nitrogens with zero attached hydrogens (tertiary/aromatic N) is 3. The van der Waals surface area contributed by atoms with Gasteiger partial charge in [0.05, 0.1) is 24.0 Å². The summed E-state index contributed by atoms with van der Waals surface area (Å²) >= 11 is 0. The number of sulfonamides is 1. The molecule has 0 aliphatic carbocycles. The molecule has 3 rings (SSSR count). The first-order valence-corrected chi connectivity index (χ1v) is 11.4. The Labute approximate surface area is 177 Å². The Bertz CT molecular complexity index is 1140. The van der Waals surface area contributed by atoms with E-state index in [1.165, 1.54) is 0 Å². The van der Waals surface area contributed by atoms with Crippen LogP contribution in [0.2, 0.25) is 0 Å². The first-order valence-electron chi connectivity index (χ1n) is 9.59.